The molecule has 0 radical (unpaired) electrons. The van der Waals surface area contributed by atoms with Crippen LogP contribution in [0.5, 0.6) is 0 Å². The maximum Gasteiger partial charge on any atom is 0.308 e. The quantitative estimate of drug-likeness (QED) is 0.455. The van der Waals surface area contributed by atoms with Crippen LogP contribution in [0.4, 0.5) is 0 Å². The van der Waals surface area contributed by atoms with Crippen LogP contribution in [0.1, 0.15) is 63.8 Å². The highest BCUT2D eigenvalue weighted by Crippen LogP contribution is 2.23. The molecule has 7 nitrogen and oxygen atoms in total. The van der Waals surface area contributed by atoms with Gasteiger partial charge >= 0.3 is 5.97 Å². The number of guanidine groups is 1. The predicted octanol–water partition coefficient (Wildman–Crippen LogP) is 2.93. The lowest BCUT2D eigenvalue weighted by molar-refractivity contribution is -0.146. The van der Waals surface area contributed by atoms with Crippen molar-refractivity contribution in [1.29, 1.82) is 0 Å². The van der Waals surface area contributed by atoms with E-state index >= 15 is 0 Å². The first-order valence-corrected chi connectivity index (χ1v) is 9.69. The zero-order chi connectivity index (χ0) is 18.9. The molecule has 1 aliphatic rings. The number of aromatic nitrogens is 1. The van der Waals surface area contributed by atoms with Gasteiger partial charge in [-0.25, -0.2) is 4.99 Å². The van der Waals surface area contributed by atoms with Crippen LogP contribution in [-0.2, 0) is 16.1 Å². The van der Waals surface area contributed by atoms with Gasteiger partial charge in [0.25, 0.3) is 0 Å². The summed E-state index contributed by atoms with van der Waals surface area (Å²) in [5.74, 6) is 1.98. The molecule has 0 aliphatic carbocycles. The fourth-order valence-electron chi connectivity index (χ4n) is 3.38. The number of hydrogen-bond acceptors (Lipinski definition) is 5. The first-order chi connectivity index (χ1) is 12.6. The van der Waals surface area contributed by atoms with E-state index in [0.29, 0.717) is 12.5 Å². The molecule has 146 valence electrons. The summed E-state index contributed by atoms with van der Waals surface area (Å²) in [5.41, 5.74) is 1.02. The second-order valence-electron chi connectivity index (χ2n) is 6.69. The molecule has 2 rings (SSSR count). The highest BCUT2D eigenvalue weighted by molar-refractivity contribution is 5.80. The summed E-state index contributed by atoms with van der Waals surface area (Å²) < 4.78 is 10.3. The molecule has 0 amide bonds. The Balaban J connectivity index is 1.98. The Morgan fingerprint density at radius 3 is 2.65 bits per heavy atom. The average Bonchev–Trinajstić information content (AvgIpc) is 3.14. The van der Waals surface area contributed by atoms with Crippen molar-refractivity contribution in [2.24, 2.45) is 10.9 Å². The van der Waals surface area contributed by atoms with Crippen molar-refractivity contribution in [1.82, 2.24) is 15.4 Å². The third kappa shape index (κ3) is 5.22. The number of piperidine rings is 1. The van der Waals surface area contributed by atoms with Crippen LogP contribution >= 0.6 is 0 Å². The number of nitrogens with zero attached hydrogens (tertiary/aromatic N) is 3. The van der Waals surface area contributed by atoms with Crippen LogP contribution in [0.3, 0.4) is 0 Å². The van der Waals surface area contributed by atoms with Crippen molar-refractivity contribution in [3.05, 3.63) is 17.5 Å². The minimum absolute atomic E-state index is 0.00372. The smallest absolute Gasteiger partial charge is 0.308 e. The van der Waals surface area contributed by atoms with Gasteiger partial charge in [0.15, 0.2) is 11.7 Å². The molecule has 1 saturated heterocycles. The Labute approximate surface area is 156 Å². The zero-order valence-corrected chi connectivity index (χ0v) is 16.5. The standard InChI is InChI=1S/C19H32N4O3/c1-5-14(6-2)17-12-16(26-22-17)13-21-19(20-7-3)23-10-8-15(9-11-23)18(24)25-4/h12,14-15H,5-11,13H2,1-4H3,(H,20,21). The number of ether oxygens (including phenoxy) is 1. The van der Waals surface area contributed by atoms with Crippen molar-refractivity contribution in [3.63, 3.8) is 0 Å². The van der Waals surface area contributed by atoms with Crippen molar-refractivity contribution >= 4 is 11.9 Å². The van der Waals surface area contributed by atoms with E-state index in [1.54, 1.807) is 0 Å². The van der Waals surface area contributed by atoms with Gasteiger partial charge in [0.05, 0.1) is 18.7 Å². The molecule has 1 aromatic heterocycles. The summed E-state index contributed by atoms with van der Waals surface area (Å²) in [7, 11) is 1.45. The lowest BCUT2D eigenvalue weighted by Crippen LogP contribution is -2.46. The molecule has 0 spiro atoms. The van der Waals surface area contributed by atoms with Gasteiger partial charge in [-0.05, 0) is 32.6 Å². The maximum atomic E-state index is 11.7. The molecule has 0 atom stereocenters. The van der Waals surface area contributed by atoms with Gasteiger partial charge < -0.3 is 19.5 Å². The molecule has 1 N–H and O–H groups in total. The number of carbonyl (C=O) groups excluding carboxylic acids is 1. The van der Waals surface area contributed by atoms with Crippen molar-refractivity contribution in [3.8, 4) is 0 Å². The van der Waals surface area contributed by atoms with E-state index in [0.717, 1.165) is 62.7 Å². The van der Waals surface area contributed by atoms with Gasteiger partial charge in [-0.2, -0.15) is 0 Å². The molecule has 0 saturated carbocycles. The number of likely N-dealkylation sites (tertiary alicyclic amines) is 1. The van der Waals surface area contributed by atoms with Gasteiger partial charge in [-0.1, -0.05) is 19.0 Å². The first-order valence-electron chi connectivity index (χ1n) is 9.69. The fourth-order valence-corrected chi connectivity index (χ4v) is 3.38. The predicted molar refractivity (Wildman–Crippen MR) is 101 cm³/mol. The molecule has 0 aromatic carbocycles. The molecule has 7 heteroatoms. The normalized spacial score (nSPS) is 16.2. The summed E-state index contributed by atoms with van der Waals surface area (Å²) in [6.07, 6.45) is 3.70. The Hall–Kier alpha value is -2.05. The monoisotopic (exact) mass is 364 g/mol. The number of rotatable bonds is 7. The minimum Gasteiger partial charge on any atom is -0.469 e. The molecule has 0 unspecified atom stereocenters. The Morgan fingerprint density at radius 1 is 1.38 bits per heavy atom. The number of nitrogens with one attached hydrogen (secondary N) is 1. The van der Waals surface area contributed by atoms with Gasteiger partial charge in [0.1, 0.15) is 6.54 Å². The molecular formula is C19H32N4O3. The van der Waals surface area contributed by atoms with Crippen LogP contribution in [0.25, 0.3) is 0 Å². The fraction of sp³-hybridized carbons (Fsp3) is 0.737. The summed E-state index contributed by atoms with van der Waals surface area (Å²) >= 11 is 0. The maximum absolute atomic E-state index is 11.7. The van der Waals surface area contributed by atoms with Crippen molar-refractivity contribution < 1.29 is 14.1 Å². The zero-order valence-electron chi connectivity index (χ0n) is 16.5. The number of esters is 1. The second-order valence-corrected chi connectivity index (χ2v) is 6.69. The molecule has 1 aliphatic heterocycles. The third-order valence-electron chi connectivity index (χ3n) is 5.03. The molecule has 1 fully saturated rings. The number of carbonyl (C=O) groups is 1. The number of aliphatic imine (C=N–C) groups is 1. The summed E-state index contributed by atoms with van der Waals surface area (Å²) in [5, 5.41) is 7.53. The van der Waals surface area contributed by atoms with E-state index in [2.05, 4.69) is 36.1 Å². The molecule has 1 aromatic rings. The van der Waals surface area contributed by atoms with E-state index in [-0.39, 0.29) is 11.9 Å². The summed E-state index contributed by atoms with van der Waals surface area (Å²) in [6, 6.07) is 2.02. The molecule has 0 bridgehead atoms. The van der Waals surface area contributed by atoms with E-state index in [1.807, 2.05) is 6.07 Å². The summed E-state index contributed by atoms with van der Waals surface area (Å²) in [4.78, 5) is 18.6. The SMILES string of the molecule is CCNC(=NCc1cc(C(CC)CC)no1)N1CCC(C(=O)OC)CC1. The van der Waals surface area contributed by atoms with Crippen LogP contribution in [0, 0.1) is 5.92 Å². The Kier molecular flexibility index (Phi) is 7.94. The van der Waals surface area contributed by atoms with Crippen LogP contribution in [-0.4, -0.2) is 48.7 Å². The van der Waals surface area contributed by atoms with Crippen molar-refractivity contribution in [2.75, 3.05) is 26.7 Å². The van der Waals surface area contributed by atoms with E-state index in [1.165, 1.54) is 7.11 Å². The van der Waals surface area contributed by atoms with E-state index in [9.17, 15) is 4.79 Å². The van der Waals surface area contributed by atoms with E-state index < -0.39 is 0 Å². The largest absolute Gasteiger partial charge is 0.469 e. The second kappa shape index (κ2) is 10.2. The first kappa shape index (κ1) is 20.3. The highest BCUT2D eigenvalue weighted by atomic mass is 16.5. The van der Waals surface area contributed by atoms with Crippen LogP contribution in [0.2, 0.25) is 0 Å². The Bertz CT molecular complexity index is 587. The minimum atomic E-state index is -0.109. The van der Waals surface area contributed by atoms with Crippen molar-refractivity contribution in [2.45, 2.75) is 58.9 Å². The third-order valence-corrected chi connectivity index (χ3v) is 5.03. The molecule has 2 heterocycles. The lowest BCUT2D eigenvalue weighted by atomic mass is 9.97. The number of hydrogen-bond donors (Lipinski definition) is 1. The lowest BCUT2D eigenvalue weighted by Gasteiger charge is -2.33. The van der Waals surface area contributed by atoms with Gasteiger partial charge in [0.2, 0.25) is 0 Å². The average molecular weight is 364 g/mol. The highest BCUT2D eigenvalue weighted by Gasteiger charge is 2.27. The van der Waals surface area contributed by atoms with Crippen LogP contribution < -0.4 is 5.32 Å². The molecular weight excluding hydrogens is 332 g/mol. The molecule has 26 heavy (non-hydrogen) atoms. The summed E-state index contributed by atoms with van der Waals surface area (Å²) in [6.45, 7) is 9.24. The van der Waals surface area contributed by atoms with Crippen LogP contribution in [0.15, 0.2) is 15.6 Å². The Morgan fingerprint density at radius 2 is 2.08 bits per heavy atom. The van der Waals surface area contributed by atoms with E-state index in [4.69, 9.17) is 14.3 Å². The topological polar surface area (TPSA) is 80.0 Å². The number of methoxy groups -OCH3 is 1. The van der Waals surface area contributed by atoms with Gasteiger partial charge in [-0.15, -0.1) is 0 Å². The van der Waals surface area contributed by atoms with Gasteiger partial charge in [-0.3, -0.25) is 4.79 Å². The van der Waals surface area contributed by atoms with Gasteiger partial charge in [0, 0.05) is 31.6 Å².